The van der Waals surface area contributed by atoms with Crippen LogP contribution >= 0.6 is 0 Å². The van der Waals surface area contributed by atoms with Crippen molar-refractivity contribution in [1.82, 2.24) is 9.80 Å². The highest BCUT2D eigenvalue weighted by molar-refractivity contribution is 6.06. The fourth-order valence-corrected chi connectivity index (χ4v) is 3.78. The Hall–Kier alpha value is -2.57. The first-order valence-corrected chi connectivity index (χ1v) is 8.23. The summed E-state index contributed by atoms with van der Waals surface area (Å²) in [4.78, 5) is 40.0. The summed E-state index contributed by atoms with van der Waals surface area (Å²) in [6.45, 7) is 0.449. The quantitative estimate of drug-likeness (QED) is 0.605. The van der Waals surface area contributed by atoms with E-state index in [1.54, 1.807) is 0 Å². The van der Waals surface area contributed by atoms with Gasteiger partial charge in [-0.3, -0.25) is 19.3 Å². The van der Waals surface area contributed by atoms with Crippen LogP contribution in [0.3, 0.4) is 0 Å². The third-order valence-electron chi connectivity index (χ3n) is 5.22. The Bertz CT molecular complexity index is 776. The van der Waals surface area contributed by atoms with E-state index in [2.05, 4.69) is 0 Å². The summed E-state index contributed by atoms with van der Waals surface area (Å²) in [5, 5.41) is 0. The molecule has 2 atom stereocenters. The Kier molecular flexibility index (Phi) is 3.67. The molecule has 1 aromatic rings. The zero-order valence-electron chi connectivity index (χ0n) is 13.3. The minimum atomic E-state index is -1.08. The van der Waals surface area contributed by atoms with Crippen molar-refractivity contribution in [3.05, 3.63) is 47.5 Å². The van der Waals surface area contributed by atoms with Gasteiger partial charge < -0.3 is 4.90 Å². The molecule has 2 saturated heterocycles. The van der Waals surface area contributed by atoms with Crippen LogP contribution < -0.4 is 0 Å². The highest BCUT2D eigenvalue weighted by atomic mass is 19.2. The van der Waals surface area contributed by atoms with Crippen LogP contribution in [0.4, 0.5) is 8.78 Å². The molecule has 5 nitrogen and oxygen atoms in total. The molecule has 4 rings (SSSR count). The maximum Gasteiger partial charge on any atom is 0.254 e. The Morgan fingerprint density at radius 1 is 0.960 bits per heavy atom. The van der Waals surface area contributed by atoms with Crippen molar-refractivity contribution < 1.29 is 23.2 Å². The van der Waals surface area contributed by atoms with Gasteiger partial charge in [-0.15, -0.1) is 0 Å². The fourth-order valence-electron chi connectivity index (χ4n) is 3.78. The minimum absolute atomic E-state index is 0.0503. The topological polar surface area (TPSA) is 57.7 Å². The lowest BCUT2D eigenvalue weighted by Gasteiger charge is -2.43. The maximum absolute atomic E-state index is 13.3. The van der Waals surface area contributed by atoms with Crippen molar-refractivity contribution in [3.8, 4) is 0 Å². The molecule has 2 heterocycles. The molecule has 130 valence electrons. The molecule has 0 saturated carbocycles. The van der Waals surface area contributed by atoms with E-state index in [4.69, 9.17) is 0 Å². The maximum atomic E-state index is 13.3. The largest absolute Gasteiger partial charge is 0.334 e. The number of fused-ring (bicyclic) bond motifs is 1. The third kappa shape index (κ3) is 2.45. The molecule has 2 unspecified atom stereocenters. The van der Waals surface area contributed by atoms with Crippen LogP contribution in [0.15, 0.2) is 30.4 Å². The van der Waals surface area contributed by atoms with Gasteiger partial charge in [0, 0.05) is 18.7 Å². The number of nitrogens with zero attached hydrogens (tertiary/aromatic N) is 2. The van der Waals surface area contributed by atoms with Gasteiger partial charge >= 0.3 is 0 Å². The highest BCUT2D eigenvalue weighted by Gasteiger charge is 2.52. The van der Waals surface area contributed by atoms with Gasteiger partial charge in [0.2, 0.25) is 11.8 Å². The number of rotatable bonds is 2. The molecule has 0 N–H and O–H groups in total. The van der Waals surface area contributed by atoms with Crippen LogP contribution in [-0.2, 0) is 9.59 Å². The molecule has 7 heteroatoms. The summed E-state index contributed by atoms with van der Waals surface area (Å²) in [5.41, 5.74) is 0.0503. The van der Waals surface area contributed by atoms with Gasteiger partial charge in [0.15, 0.2) is 11.6 Å². The SMILES string of the molecule is O=C(c1ccc(F)c(F)c1)N1CC(N2C(=O)C3CC=CCC3C2=O)C1. The third-order valence-corrected chi connectivity index (χ3v) is 5.22. The predicted octanol–water partition coefficient (Wildman–Crippen LogP) is 1.74. The van der Waals surface area contributed by atoms with Gasteiger partial charge in [0.05, 0.1) is 17.9 Å². The molecule has 3 amide bonds. The lowest BCUT2D eigenvalue weighted by molar-refractivity contribution is -0.145. The molecule has 25 heavy (non-hydrogen) atoms. The summed E-state index contributed by atoms with van der Waals surface area (Å²) in [5.74, 6) is -3.42. The van der Waals surface area contributed by atoms with Crippen molar-refractivity contribution in [2.75, 3.05) is 13.1 Å². The van der Waals surface area contributed by atoms with Gasteiger partial charge in [-0.25, -0.2) is 8.78 Å². The lowest BCUT2D eigenvalue weighted by atomic mass is 9.85. The molecular formula is C18H16F2N2O3. The smallest absolute Gasteiger partial charge is 0.254 e. The van der Waals surface area contributed by atoms with Crippen LogP contribution in [-0.4, -0.2) is 46.7 Å². The second-order valence-electron chi connectivity index (χ2n) is 6.70. The minimum Gasteiger partial charge on any atom is -0.334 e. The normalized spacial score (nSPS) is 26.0. The van der Waals surface area contributed by atoms with Crippen LogP contribution in [0.2, 0.25) is 0 Å². The number of hydrogen-bond acceptors (Lipinski definition) is 3. The van der Waals surface area contributed by atoms with Crippen molar-refractivity contribution in [3.63, 3.8) is 0 Å². The van der Waals surface area contributed by atoms with E-state index < -0.39 is 17.5 Å². The zero-order valence-corrected chi connectivity index (χ0v) is 13.3. The molecule has 0 spiro atoms. The van der Waals surface area contributed by atoms with Crippen molar-refractivity contribution >= 4 is 17.7 Å². The first-order chi connectivity index (χ1) is 12.0. The number of carbonyl (C=O) groups excluding carboxylic acids is 3. The second-order valence-corrected chi connectivity index (χ2v) is 6.70. The second kappa shape index (κ2) is 5.75. The van der Waals surface area contributed by atoms with Crippen LogP contribution in [0, 0.1) is 23.5 Å². The number of carbonyl (C=O) groups is 3. The number of likely N-dealkylation sites (tertiary alicyclic amines) is 2. The summed E-state index contributed by atoms with van der Waals surface area (Å²) in [7, 11) is 0. The monoisotopic (exact) mass is 346 g/mol. The summed E-state index contributed by atoms with van der Waals surface area (Å²) in [6.07, 6.45) is 5.01. The van der Waals surface area contributed by atoms with Gasteiger partial charge in [-0.2, -0.15) is 0 Å². The van der Waals surface area contributed by atoms with E-state index in [-0.39, 0.29) is 48.3 Å². The molecule has 3 aliphatic rings. The van der Waals surface area contributed by atoms with E-state index in [0.717, 1.165) is 12.1 Å². The van der Waals surface area contributed by atoms with Crippen molar-refractivity contribution in [2.24, 2.45) is 11.8 Å². The number of benzene rings is 1. The molecule has 2 fully saturated rings. The Balaban J connectivity index is 1.43. The van der Waals surface area contributed by atoms with Gasteiger partial charge in [0.1, 0.15) is 0 Å². The molecule has 0 aromatic heterocycles. The van der Waals surface area contributed by atoms with Crippen LogP contribution in [0.5, 0.6) is 0 Å². The van der Waals surface area contributed by atoms with Crippen LogP contribution in [0.25, 0.3) is 0 Å². The summed E-state index contributed by atoms with van der Waals surface area (Å²) < 4.78 is 26.2. The van der Waals surface area contributed by atoms with E-state index in [9.17, 15) is 23.2 Å². The molecule has 1 aliphatic carbocycles. The first-order valence-electron chi connectivity index (χ1n) is 8.23. The zero-order chi connectivity index (χ0) is 17.7. The molecular weight excluding hydrogens is 330 g/mol. The summed E-state index contributed by atoms with van der Waals surface area (Å²) >= 11 is 0. The number of allylic oxidation sites excluding steroid dienone is 2. The molecule has 0 radical (unpaired) electrons. The van der Waals surface area contributed by atoms with E-state index in [1.165, 1.54) is 15.9 Å². The van der Waals surface area contributed by atoms with Gasteiger partial charge in [0.25, 0.3) is 5.91 Å². The van der Waals surface area contributed by atoms with Gasteiger partial charge in [-0.05, 0) is 31.0 Å². The average molecular weight is 346 g/mol. The highest BCUT2D eigenvalue weighted by Crippen LogP contribution is 2.37. The standard InChI is InChI=1S/C18H16F2N2O3/c19-14-6-5-10(7-15(14)20)16(23)21-8-11(9-21)22-17(24)12-3-1-2-4-13(12)18(22)25/h1-2,5-7,11-13H,3-4,8-9H2. The Morgan fingerprint density at radius 3 is 2.12 bits per heavy atom. The number of imide groups is 1. The van der Waals surface area contributed by atoms with Gasteiger partial charge in [-0.1, -0.05) is 12.2 Å². The summed E-state index contributed by atoms with van der Waals surface area (Å²) in [6, 6.07) is 2.66. The first kappa shape index (κ1) is 15.9. The number of halogens is 2. The average Bonchev–Trinajstić information content (AvgIpc) is 2.81. The molecule has 1 aromatic carbocycles. The fraction of sp³-hybridized carbons (Fsp3) is 0.389. The van der Waals surface area contributed by atoms with E-state index >= 15 is 0 Å². The molecule has 0 bridgehead atoms. The number of hydrogen-bond donors (Lipinski definition) is 0. The van der Waals surface area contributed by atoms with E-state index in [0.29, 0.717) is 12.8 Å². The Morgan fingerprint density at radius 2 is 1.56 bits per heavy atom. The number of amides is 3. The van der Waals surface area contributed by atoms with Crippen molar-refractivity contribution in [2.45, 2.75) is 18.9 Å². The van der Waals surface area contributed by atoms with Crippen molar-refractivity contribution in [1.29, 1.82) is 0 Å². The van der Waals surface area contributed by atoms with E-state index in [1.807, 2.05) is 12.2 Å². The predicted molar refractivity (Wildman–Crippen MR) is 83.3 cm³/mol. The lowest BCUT2D eigenvalue weighted by Crippen LogP contribution is -2.62. The molecule has 2 aliphatic heterocycles. The van der Waals surface area contributed by atoms with Crippen LogP contribution in [0.1, 0.15) is 23.2 Å². The Labute approximate surface area is 142 Å².